The molecule has 4 rings (SSSR count). The van der Waals surface area contributed by atoms with E-state index in [2.05, 4.69) is 5.32 Å². The summed E-state index contributed by atoms with van der Waals surface area (Å²) in [6.45, 7) is -0.125. The minimum absolute atomic E-state index is 0.125. The van der Waals surface area contributed by atoms with Crippen molar-refractivity contribution in [3.8, 4) is 5.75 Å². The predicted octanol–water partition coefficient (Wildman–Crippen LogP) is 2.92. The second-order valence-corrected chi connectivity index (χ2v) is 6.52. The van der Waals surface area contributed by atoms with E-state index in [1.165, 1.54) is 0 Å². The fourth-order valence-corrected chi connectivity index (χ4v) is 3.54. The maximum Gasteiger partial charge on any atom is 0.265 e. The Hall–Kier alpha value is -3.34. The number of ether oxygens (including phenoxy) is 1. The maximum absolute atomic E-state index is 12.9. The summed E-state index contributed by atoms with van der Waals surface area (Å²) in [5, 5.41) is 4.81. The minimum Gasteiger partial charge on any atom is -0.484 e. The van der Waals surface area contributed by atoms with E-state index in [9.17, 15) is 9.59 Å². The molecule has 0 aromatic heterocycles. The normalized spacial score (nSPS) is 15.4. The summed E-state index contributed by atoms with van der Waals surface area (Å²) in [4.78, 5) is 26.7. The molecule has 1 heterocycles. The molecule has 2 amide bonds. The van der Waals surface area contributed by atoms with Crippen molar-refractivity contribution in [3.63, 3.8) is 0 Å². The van der Waals surface area contributed by atoms with Gasteiger partial charge in [0.05, 0.1) is 0 Å². The van der Waals surface area contributed by atoms with Crippen LogP contribution in [0.15, 0.2) is 66.7 Å². The number of nitrogens with zero attached hydrogens (tertiary/aromatic N) is 1. The molecule has 136 valence electrons. The Labute approximate surface area is 157 Å². The number of hydrogen-bond acceptors (Lipinski definition) is 3. The number of rotatable bonds is 4. The van der Waals surface area contributed by atoms with Crippen molar-refractivity contribution in [2.24, 2.45) is 0 Å². The topological polar surface area (TPSA) is 58.6 Å². The van der Waals surface area contributed by atoms with Gasteiger partial charge in [-0.05, 0) is 34.5 Å². The number of anilines is 1. The van der Waals surface area contributed by atoms with Crippen molar-refractivity contribution in [3.05, 3.63) is 72.3 Å². The number of para-hydroxylation sites is 1. The van der Waals surface area contributed by atoms with Gasteiger partial charge in [0.15, 0.2) is 6.61 Å². The number of benzene rings is 3. The summed E-state index contributed by atoms with van der Waals surface area (Å²) >= 11 is 0. The number of likely N-dealkylation sites (N-methyl/N-ethyl adjacent to an activating group) is 1. The quantitative estimate of drug-likeness (QED) is 0.778. The van der Waals surface area contributed by atoms with E-state index in [0.29, 0.717) is 12.2 Å². The zero-order chi connectivity index (χ0) is 18.8. The molecule has 0 fully saturated rings. The van der Waals surface area contributed by atoms with Gasteiger partial charge in [-0.1, -0.05) is 48.5 Å². The number of carbonyl (C=O) groups excluding carboxylic acids is 2. The average molecular weight is 360 g/mol. The third-order valence-electron chi connectivity index (χ3n) is 4.88. The second kappa shape index (κ2) is 7.11. The Balaban J connectivity index is 1.54. The van der Waals surface area contributed by atoms with Crippen LogP contribution in [0, 0.1) is 0 Å². The van der Waals surface area contributed by atoms with Gasteiger partial charge in [0, 0.05) is 19.2 Å². The van der Waals surface area contributed by atoms with E-state index in [1.807, 2.05) is 66.7 Å². The molecular formula is C22H20N2O3. The predicted molar refractivity (Wildman–Crippen MR) is 105 cm³/mol. The van der Waals surface area contributed by atoms with Crippen molar-refractivity contribution in [1.29, 1.82) is 0 Å². The lowest BCUT2D eigenvalue weighted by Gasteiger charge is -2.24. The first kappa shape index (κ1) is 17.1. The Morgan fingerprint density at radius 2 is 1.78 bits per heavy atom. The molecule has 1 N–H and O–H groups in total. The highest BCUT2D eigenvalue weighted by Gasteiger charge is 2.37. The van der Waals surface area contributed by atoms with Gasteiger partial charge in [-0.15, -0.1) is 0 Å². The molecule has 0 saturated heterocycles. The van der Waals surface area contributed by atoms with Crippen molar-refractivity contribution in [1.82, 2.24) is 5.32 Å². The summed E-state index contributed by atoms with van der Waals surface area (Å²) in [5.41, 5.74) is 1.77. The molecule has 0 bridgehead atoms. The molecule has 0 saturated carbocycles. The van der Waals surface area contributed by atoms with Gasteiger partial charge in [-0.2, -0.15) is 0 Å². The standard InChI is InChI=1S/C22H20N2O3/c1-23-22(26)20-13-17-8-4-5-9-19(17)24(20)21(25)14-27-18-11-10-15-6-2-3-7-16(15)12-18/h2-12,20H,13-14H2,1H3,(H,23,26)/t20-/m1/s1. The van der Waals surface area contributed by atoms with Crippen LogP contribution < -0.4 is 15.0 Å². The molecule has 0 aliphatic carbocycles. The molecule has 0 unspecified atom stereocenters. The first-order valence-electron chi connectivity index (χ1n) is 8.90. The molecule has 0 spiro atoms. The Morgan fingerprint density at radius 3 is 2.59 bits per heavy atom. The van der Waals surface area contributed by atoms with Gasteiger partial charge in [0.2, 0.25) is 5.91 Å². The minimum atomic E-state index is -0.542. The number of amides is 2. The van der Waals surface area contributed by atoms with Gasteiger partial charge < -0.3 is 10.1 Å². The van der Waals surface area contributed by atoms with E-state index in [4.69, 9.17) is 4.74 Å². The van der Waals surface area contributed by atoms with Crippen LogP contribution in [0.1, 0.15) is 5.56 Å². The van der Waals surface area contributed by atoms with Crippen LogP contribution in [0.3, 0.4) is 0 Å². The monoisotopic (exact) mass is 360 g/mol. The van der Waals surface area contributed by atoms with Gasteiger partial charge in [-0.25, -0.2) is 0 Å². The summed E-state index contributed by atoms with van der Waals surface area (Å²) in [6, 6.07) is 20.8. The third-order valence-corrected chi connectivity index (χ3v) is 4.88. The Bertz CT molecular complexity index is 1020. The SMILES string of the molecule is CNC(=O)[C@H]1Cc2ccccc2N1C(=O)COc1ccc2ccccc2c1. The van der Waals surface area contributed by atoms with E-state index in [0.717, 1.165) is 22.0 Å². The number of nitrogens with one attached hydrogen (secondary N) is 1. The summed E-state index contributed by atoms with van der Waals surface area (Å²) < 4.78 is 5.74. The van der Waals surface area contributed by atoms with Crippen LogP contribution >= 0.6 is 0 Å². The maximum atomic E-state index is 12.9. The molecule has 1 aliphatic rings. The zero-order valence-electron chi connectivity index (χ0n) is 15.0. The largest absolute Gasteiger partial charge is 0.484 e. The number of hydrogen-bond donors (Lipinski definition) is 1. The molecule has 3 aromatic carbocycles. The van der Waals surface area contributed by atoms with E-state index in [1.54, 1.807) is 11.9 Å². The van der Waals surface area contributed by atoms with E-state index < -0.39 is 6.04 Å². The molecule has 5 nitrogen and oxygen atoms in total. The van der Waals surface area contributed by atoms with E-state index >= 15 is 0 Å². The fourth-order valence-electron chi connectivity index (χ4n) is 3.54. The fraction of sp³-hybridized carbons (Fsp3) is 0.182. The molecule has 3 aromatic rings. The van der Waals surface area contributed by atoms with Crippen LogP contribution in [0.2, 0.25) is 0 Å². The smallest absolute Gasteiger partial charge is 0.265 e. The van der Waals surface area contributed by atoms with Crippen molar-refractivity contribution in [2.75, 3.05) is 18.6 Å². The highest BCUT2D eigenvalue weighted by Crippen LogP contribution is 2.32. The highest BCUT2D eigenvalue weighted by molar-refractivity contribution is 6.04. The van der Waals surface area contributed by atoms with Gasteiger partial charge in [0.1, 0.15) is 11.8 Å². The summed E-state index contributed by atoms with van der Waals surface area (Å²) in [7, 11) is 1.58. The lowest BCUT2D eigenvalue weighted by atomic mass is 10.1. The summed E-state index contributed by atoms with van der Waals surface area (Å²) in [6.07, 6.45) is 0.511. The lowest BCUT2D eigenvalue weighted by Crippen LogP contribution is -2.48. The third kappa shape index (κ3) is 3.24. The lowest BCUT2D eigenvalue weighted by molar-refractivity contribution is -0.126. The second-order valence-electron chi connectivity index (χ2n) is 6.52. The molecular weight excluding hydrogens is 340 g/mol. The average Bonchev–Trinajstić information content (AvgIpc) is 3.11. The van der Waals surface area contributed by atoms with Gasteiger partial charge in [0.25, 0.3) is 5.91 Å². The van der Waals surface area contributed by atoms with Crippen molar-refractivity contribution >= 4 is 28.3 Å². The van der Waals surface area contributed by atoms with Crippen LogP contribution in [-0.4, -0.2) is 31.5 Å². The van der Waals surface area contributed by atoms with Crippen molar-refractivity contribution < 1.29 is 14.3 Å². The van der Waals surface area contributed by atoms with Gasteiger partial charge >= 0.3 is 0 Å². The first-order chi connectivity index (χ1) is 13.2. The number of fused-ring (bicyclic) bond motifs is 2. The summed E-state index contributed by atoms with van der Waals surface area (Å²) in [5.74, 6) is 0.220. The zero-order valence-corrected chi connectivity index (χ0v) is 15.0. The molecule has 1 atom stereocenters. The Kier molecular flexibility index (Phi) is 4.50. The molecule has 1 aliphatic heterocycles. The van der Waals surface area contributed by atoms with Crippen LogP contribution in [-0.2, 0) is 16.0 Å². The molecule has 0 radical (unpaired) electrons. The van der Waals surface area contributed by atoms with Gasteiger partial charge in [-0.3, -0.25) is 14.5 Å². The van der Waals surface area contributed by atoms with Crippen molar-refractivity contribution in [2.45, 2.75) is 12.5 Å². The highest BCUT2D eigenvalue weighted by atomic mass is 16.5. The van der Waals surface area contributed by atoms with E-state index in [-0.39, 0.29) is 18.4 Å². The number of carbonyl (C=O) groups is 2. The molecule has 27 heavy (non-hydrogen) atoms. The Morgan fingerprint density at radius 1 is 1.04 bits per heavy atom. The van der Waals surface area contributed by atoms with Crippen LogP contribution in [0.25, 0.3) is 10.8 Å². The molecule has 5 heteroatoms. The van der Waals surface area contributed by atoms with Crippen LogP contribution in [0.5, 0.6) is 5.75 Å². The van der Waals surface area contributed by atoms with Crippen LogP contribution in [0.4, 0.5) is 5.69 Å². The first-order valence-corrected chi connectivity index (χ1v) is 8.90.